The van der Waals surface area contributed by atoms with Crippen LogP contribution in [0.3, 0.4) is 0 Å². The van der Waals surface area contributed by atoms with E-state index in [1.807, 2.05) is 7.05 Å². The largest absolute Gasteiger partial charge is 0.388 e. The maximum Gasteiger partial charge on any atom is 0.0373 e. The lowest BCUT2D eigenvalue weighted by atomic mass is 9.98. The molecule has 0 aliphatic carbocycles. The molecule has 0 aromatic heterocycles. The molecule has 0 amide bonds. The number of anilines is 1. The Hall–Kier alpha value is -1.50. The standard InChI is InChI=1S/C18H27N/c1-14(2)9-7-6-8-10-15(3)17-12-11-16(4)18(13-17)19-5/h11-13,19H,1,3,6-10H2,2,4-5H3. The first-order chi connectivity index (χ1) is 9.04. The Bertz CT molecular complexity index is 443. The van der Waals surface area contributed by atoms with Crippen LogP contribution in [0, 0.1) is 6.92 Å². The molecule has 104 valence electrons. The fourth-order valence-corrected chi connectivity index (χ4v) is 2.20. The Morgan fingerprint density at radius 2 is 1.79 bits per heavy atom. The maximum absolute atomic E-state index is 4.22. The van der Waals surface area contributed by atoms with Gasteiger partial charge in [-0.1, -0.05) is 30.7 Å². The first-order valence-electron chi connectivity index (χ1n) is 7.15. The molecule has 19 heavy (non-hydrogen) atoms. The van der Waals surface area contributed by atoms with Crippen LogP contribution in [-0.2, 0) is 0 Å². The van der Waals surface area contributed by atoms with Gasteiger partial charge in [-0.05, 0) is 62.3 Å². The molecule has 1 aromatic rings. The molecule has 1 rings (SSSR count). The highest BCUT2D eigenvalue weighted by Crippen LogP contribution is 2.24. The number of nitrogens with one attached hydrogen (secondary N) is 1. The second-order valence-electron chi connectivity index (χ2n) is 5.40. The van der Waals surface area contributed by atoms with Crippen molar-refractivity contribution >= 4 is 11.3 Å². The van der Waals surface area contributed by atoms with E-state index in [9.17, 15) is 0 Å². The number of allylic oxidation sites excluding steroid dienone is 2. The molecule has 0 aliphatic heterocycles. The number of aryl methyl sites for hydroxylation is 1. The third-order valence-electron chi connectivity index (χ3n) is 3.50. The van der Waals surface area contributed by atoms with Crippen LogP contribution in [0.5, 0.6) is 0 Å². The Labute approximate surface area is 118 Å². The highest BCUT2D eigenvalue weighted by atomic mass is 14.8. The molecular weight excluding hydrogens is 230 g/mol. The molecule has 0 unspecified atom stereocenters. The summed E-state index contributed by atoms with van der Waals surface area (Å²) in [6, 6.07) is 6.53. The molecule has 1 heteroatoms. The van der Waals surface area contributed by atoms with Gasteiger partial charge in [-0.2, -0.15) is 0 Å². The molecule has 1 aromatic carbocycles. The van der Waals surface area contributed by atoms with Gasteiger partial charge in [0.25, 0.3) is 0 Å². The van der Waals surface area contributed by atoms with Crippen LogP contribution in [0.2, 0.25) is 0 Å². The summed E-state index contributed by atoms with van der Waals surface area (Å²) in [6.45, 7) is 12.4. The topological polar surface area (TPSA) is 12.0 Å². The number of benzene rings is 1. The van der Waals surface area contributed by atoms with Crippen molar-refractivity contribution in [1.82, 2.24) is 0 Å². The van der Waals surface area contributed by atoms with E-state index in [0.717, 1.165) is 12.8 Å². The third kappa shape index (κ3) is 5.34. The first kappa shape index (κ1) is 15.6. The zero-order chi connectivity index (χ0) is 14.3. The predicted molar refractivity (Wildman–Crippen MR) is 87.7 cm³/mol. The minimum atomic E-state index is 1.09. The van der Waals surface area contributed by atoms with Crippen molar-refractivity contribution in [3.05, 3.63) is 48.1 Å². The van der Waals surface area contributed by atoms with Crippen molar-refractivity contribution in [1.29, 1.82) is 0 Å². The lowest BCUT2D eigenvalue weighted by molar-refractivity contribution is 0.689. The zero-order valence-electron chi connectivity index (χ0n) is 12.7. The quantitative estimate of drug-likeness (QED) is 0.474. The van der Waals surface area contributed by atoms with Crippen molar-refractivity contribution in [3.8, 4) is 0 Å². The minimum absolute atomic E-state index is 1.09. The van der Waals surface area contributed by atoms with Gasteiger partial charge in [-0.3, -0.25) is 0 Å². The van der Waals surface area contributed by atoms with Gasteiger partial charge < -0.3 is 5.32 Å². The molecule has 0 heterocycles. The van der Waals surface area contributed by atoms with Gasteiger partial charge in [0.05, 0.1) is 0 Å². The van der Waals surface area contributed by atoms with Gasteiger partial charge in [-0.15, -0.1) is 6.58 Å². The normalized spacial score (nSPS) is 10.3. The molecule has 0 saturated carbocycles. The van der Waals surface area contributed by atoms with Crippen LogP contribution >= 0.6 is 0 Å². The minimum Gasteiger partial charge on any atom is -0.388 e. The van der Waals surface area contributed by atoms with Crippen LogP contribution in [0.4, 0.5) is 5.69 Å². The molecule has 0 bridgehead atoms. The van der Waals surface area contributed by atoms with Crippen molar-refractivity contribution in [3.63, 3.8) is 0 Å². The second kappa shape index (κ2) is 7.83. The Morgan fingerprint density at radius 3 is 2.42 bits per heavy atom. The van der Waals surface area contributed by atoms with E-state index in [2.05, 4.69) is 50.5 Å². The van der Waals surface area contributed by atoms with Crippen LogP contribution in [-0.4, -0.2) is 7.05 Å². The fourth-order valence-electron chi connectivity index (χ4n) is 2.20. The van der Waals surface area contributed by atoms with Gasteiger partial charge in [0.1, 0.15) is 0 Å². The van der Waals surface area contributed by atoms with Gasteiger partial charge in [-0.25, -0.2) is 0 Å². The molecule has 0 fully saturated rings. The molecule has 1 N–H and O–H groups in total. The third-order valence-corrected chi connectivity index (χ3v) is 3.50. The molecule has 0 radical (unpaired) electrons. The Balaban J connectivity index is 2.43. The molecular formula is C18H27N. The molecule has 0 aliphatic rings. The van der Waals surface area contributed by atoms with Crippen LogP contribution < -0.4 is 5.32 Å². The van der Waals surface area contributed by atoms with E-state index in [0.29, 0.717) is 0 Å². The summed E-state index contributed by atoms with van der Waals surface area (Å²) < 4.78 is 0. The monoisotopic (exact) mass is 257 g/mol. The summed E-state index contributed by atoms with van der Waals surface area (Å²) in [5, 5.41) is 3.23. The fraction of sp³-hybridized carbons (Fsp3) is 0.444. The number of rotatable bonds is 8. The Morgan fingerprint density at radius 1 is 1.11 bits per heavy atom. The lowest BCUT2D eigenvalue weighted by Crippen LogP contribution is -1.93. The second-order valence-corrected chi connectivity index (χ2v) is 5.40. The number of unbranched alkanes of at least 4 members (excludes halogenated alkanes) is 2. The average Bonchev–Trinajstić information content (AvgIpc) is 2.38. The molecule has 0 saturated heterocycles. The van der Waals surface area contributed by atoms with Crippen molar-refractivity contribution in [2.24, 2.45) is 0 Å². The molecule has 0 spiro atoms. The molecule has 1 nitrogen and oxygen atoms in total. The van der Waals surface area contributed by atoms with Crippen LogP contribution in [0.25, 0.3) is 5.57 Å². The predicted octanol–water partition coefficient (Wildman–Crippen LogP) is 5.58. The maximum atomic E-state index is 4.22. The summed E-state index contributed by atoms with van der Waals surface area (Å²) in [7, 11) is 1.96. The number of hydrogen-bond acceptors (Lipinski definition) is 1. The molecule has 0 atom stereocenters. The van der Waals surface area contributed by atoms with E-state index < -0.39 is 0 Å². The smallest absolute Gasteiger partial charge is 0.0373 e. The number of hydrogen-bond donors (Lipinski definition) is 1. The summed E-state index contributed by atoms with van der Waals surface area (Å²) >= 11 is 0. The highest BCUT2D eigenvalue weighted by molar-refractivity contribution is 5.68. The van der Waals surface area contributed by atoms with E-state index in [1.54, 1.807) is 0 Å². The first-order valence-corrected chi connectivity index (χ1v) is 7.15. The van der Waals surface area contributed by atoms with Crippen LogP contribution in [0.1, 0.15) is 50.2 Å². The average molecular weight is 257 g/mol. The van der Waals surface area contributed by atoms with Crippen molar-refractivity contribution < 1.29 is 0 Å². The van der Waals surface area contributed by atoms with E-state index >= 15 is 0 Å². The van der Waals surface area contributed by atoms with Gasteiger partial charge in [0, 0.05) is 12.7 Å². The summed E-state index contributed by atoms with van der Waals surface area (Å²) in [4.78, 5) is 0. The summed E-state index contributed by atoms with van der Waals surface area (Å²) in [5.41, 5.74) is 6.26. The SMILES string of the molecule is C=C(C)CCCCCC(=C)c1ccc(C)c(NC)c1. The zero-order valence-corrected chi connectivity index (χ0v) is 12.7. The summed E-state index contributed by atoms with van der Waals surface area (Å²) in [6.07, 6.45) is 5.97. The Kier molecular flexibility index (Phi) is 6.41. The van der Waals surface area contributed by atoms with Crippen LogP contribution in [0.15, 0.2) is 36.9 Å². The van der Waals surface area contributed by atoms with Gasteiger partial charge in [0.2, 0.25) is 0 Å². The van der Waals surface area contributed by atoms with Gasteiger partial charge >= 0.3 is 0 Å². The van der Waals surface area contributed by atoms with E-state index in [1.165, 1.54) is 47.2 Å². The van der Waals surface area contributed by atoms with Crippen molar-refractivity contribution in [2.45, 2.75) is 46.0 Å². The van der Waals surface area contributed by atoms with Gasteiger partial charge in [0.15, 0.2) is 0 Å². The van der Waals surface area contributed by atoms with E-state index in [4.69, 9.17) is 0 Å². The highest BCUT2D eigenvalue weighted by Gasteiger charge is 2.02. The van der Waals surface area contributed by atoms with E-state index in [-0.39, 0.29) is 0 Å². The van der Waals surface area contributed by atoms with Crippen molar-refractivity contribution in [2.75, 3.05) is 12.4 Å². The summed E-state index contributed by atoms with van der Waals surface area (Å²) in [5.74, 6) is 0. The lowest BCUT2D eigenvalue weighted by Gasteiger charge is -2.10.